The molecule has 1 rings (SSSR count). The van der Waals surface area contributed by atoms with Crippen LogP contribution >= 0.6 is 15.9 Å². The number of rotatable bonds is 5. The number of hydrogen-bond acceptors (Lipinski definition) is 4. The third-order valence-electron chi connectivity index (χ3n) is 2.99. The van der Waals surface area contributed by atoms with Gasteiger partial charge in [-0.1, -0.05) is 13.8 Å². The van der Waals surface area contributed by atoms with E-state index in [2.05, 4.69) is 46.1 Å². The highest BCUT2D eigenvalue weighted by Crippen LogP contribution is 2.19. The molecule has 0 amide bonds. The van der Waals surface area contributed by atoms with Crippen molar-refractivity contribution in [2.45, 2.75) is 32.2 Å². The van der Waals surface area contributed by atoms with Crippen LogP contribution in [0.2, 0.25) is 0 Å². The van der Waals surface area contributed by atoms with E-state index in [1.54, 1.807) is 12.3 Å². The molecule has 0 aliphatic heterocycles. The quantitative estimate of drug-likeness (QED) is 0.876. The van der Waals surface area contributed by atoms with Gasteiger partial charge in [0, 0.05) is 22.8 Å². The van der Waals surface area contributed by atoms with Gasteiger partial charge in [0.1, 0.15) is 11.9 Å². The Morgan fingerprint density at radius 3 is 2.71 bits per heavy atom. The van der Waals surface area contributed by atoms with E-state index >= 15 is 0 Å². The summed E-state index contributed by atoms with van der Waals surface area (Å²) in [5, 5.41) is 12.2. The van der Waals surface area contributed by atoms with E-state index in [4.69, 9.17) is 11.0 Å². The van der Waals surface area contributed by atoms with Gasteiger partial charge in [-0.15, -0.1) is 0 Å². The van der Waals surface area contributed by atoms with Crippen LogP contribution < -0.4 is 11.1 Å². The number of pyridine rings is 1. The van der Waals surface area contributed by atoms with Crippen LogP contribution in [0.1, 0.15) is 32.3 Å². The van der Waals surface area contributed by atoms with Gasteiger partial charge >= 0.3 is 0 Å². The fourth-order valence-electron chi connectivity index (χ4n) is 1.43. The highest BCUT2D eigenvalue weighted by molar-refractivity contribution is 9.10. The van der Waals surface area contributed by atoms with Crippen molar-refractivity contribution >= 4 is 21.7 Å². The fraction of sp³-hybridized carbons (Fsp3) is 0.500. The van der Waals surface area contributed by atoms with Gasteiger partial charge < -0.3 is 11.1 Å². The summed E-state index contributed by atoms with van der Waals surface area (Å²) in [5.74, 6) is 0.590. The second-order valence-corrected chi connectivity index (χ2v) is 5.00. The van der Waals surface area contributed by atoms with Crippen molar-refractivity contribution in [2.75, 3.05) is 11.9 Å². The van der Waals surface area contributed by atoms with Crippen molar-refractivity contribution in [1.82, 2.24) is 4.98 Å². The van der Waals surface area contributed by atoms with Crippen LogP contribution in [0.15, 0.2) is 16.7 Å². The first kappa shape index (κ1) is 13.9. The van der Waals surface area contributed by atoms with Gasteiger partial charge in [-0.05, 0) is 34.8 Å². The Labute approximate surface area is 110 Å². The lowest BCUT2D eigenvalue weighted by Gasteiger charge is -2.27. The molecule has 0 unspecified atom stereocenters. The molecule has 0 aromatic carbocycles. The van der Waals surface area contributed by atoms with E-state index in [1.807, 2.05) is 0 Å². The molecule has 17 heavy (non-hydrogen) atoms. The lowest BCUT2D eigenvalue weighted by Crippen LogP contribution is -2.45. The van der Waals surface area contributed by atoms with Crippen molar-refractivity contribution < 1.29 is 0 Å². The standard InChI is InChI=1S/C12H17BrN4/c1-3-12(15,4-2)8-17-11-9(6-14)5-10(13)7-16-11/h5,7H,3-4,8,15H2,1-2H3,(H,16,17). The minimum absolute atomic E-state index is 0.249. The summed E-state index contributed by atoms with van der Waals surface area (Å²) in [7, 11) is 0. The number of aromatic nitrogens is 1. The molecule has 0 atom stereocenters. The van der Waals surface area contributed by atoms with E-state index in [-0.39, 0.29) is 5.54 Å². The molecule has 0 radical (unpaired) electrons. The molecule has 0 spiro atoms. The van der Waals surface area contributed by atoms with E-state index < -0.39 is 0 Å². The van der Waals surface area contributed by atoms with Gasteiger partial charge in [0.2, 0.25) is 0 Å². The molecule has 0 aliphatic rings. The zero-order valence-corrected chi connectivity index (χ0v) is 11.7. The first-order valence-corrected chi connectivity index (χ1v) is 6.42. The second-order valence-electron chi connectivity index (χ2n) is 4.08. The van der Waals surface area contributed by atoms with Crippen LogP contribution in [0.4, 0.5) is 5.82 Å². The lowest BCUT2D eigenvalue weighted by atomic mass is 9.94. The van der Waals surface area contributed by atoms with Gasteiger partial charge in [0.25, 0.3) is 0 Å². The van der Waals surface area contributed by atoms with Gasteiger partial charge in [-0.25, -0.2) is 4.98 Å². The number of nitrogens with zero attached hydrogens (tertiary/aromatic N) is 2. The molecule has 1 aromatic rings. The SMILES string of the molecule is CCC(N)(CC)CNc1ncc(Br)cc1C#N. The molecule has 3 N–H and O–H groups in total. The Morgan fingerprint density at radius 2 is 2.18 bits per heavy atom. The van der Waals surface area contributed by atoms with E-state index in [1.165, 1.54) is 0 Å². The molecular formula is C12H17BrN4. The van der Waals surface area contributed by atoms with Crippen LogP contribution in [0.3, 0.4) is 0 Å². The fourth-order valence-corrected chi connectivity index (χ4v) is 1.76. The zero-order valence-electron chi connectivity index (χ0n) is 10.1. The molecule has 4 nitrogen and oxygen atoms in total. The first-order chi connectivity index (χ1) is 8.04. The number of anilines is 1. The third kappa shape index (κ3) is 3.69. The molecule has 1 heterocycles. The number of halogens is 1. The van der Waals surface area contributed by atoms with Gasteiger partial charge in [0.15, 0.2) is 0 Å². The van der Waals surface area contributed by atoms with Crippen LogP contribution in [-0.2, 0) is 0 Å². The summed E-state index contributed by atoms with van der Waals surface area (Å²) in [6.45, 7) is 4.74. The Morgan fingerprint density at radius 1 is 1.53 bits per heavy atom. The Kier molecular flexibility index (Phi) is 4.91. The molecule has 0 fully saturated rings. The normalized spacial score (nSPS) is 11.0. The van der Waals surface area contributed by atoms with Crippen molar-refractivity contribution in [1.29, 1.82) is 5.26 Å². The van der Waals surface area contributed by atoms with Gasteiger partial charge in [0.05, 0.1) is 5.56 Å². The van der Waals surface area contributed by atoms with Gasteiger partial charge in [-0.3, -0.25) is 0 Å². The number of nitriles is 1. The Bertz CT molecular complexity index is 421. The Hall–Kier alpha value is -1.12. The molecule has 92 valence electrons. The topological polar surface area (TPSA) is 74.7 Å². The van der Waals surface area contributed by atoms with Crippen LogP contribution in [0, 0.1) is 11.3 Å². The van der Waals surface area contributed by atoms with Crippen molar-refractivity contribution in [2.24, 2.45) is 5.73 Å². The molecule has 1 aromatic heterocycles. The summed E-state index contributed by atoms with van der Waals surface area (Å²) in [5.41, 5.74) is 6.46. The highest BCUT2D eigenvalue weighted by atomic mass is 79.9. The maximum Gasteiger partial charge on any atom is 0.144 e. The van der Waals surface area contributed by atoms with E-state index in [0.29, 0.717) is 17.9 Å². The molecule has 0 saturated carbocycles. The maximum atomic E-state index is 9.00. The van der Waals surface area contributed by atoms with E-state index in [0.717, 1.165) is 17.3 Å². The molecule has 0 aliphatic carbocycles. The maximum absolute atomic E-state index is 9.00. The van der Waals surface area contributed by atoms with Crippen molar-refractivity contribution in [3.63, 3.8) is 0 Å². The van der Waals surface area contributed by atoms with Crippen molar-refractivity contribution in [3.8, 4) is 6.07 Å². The largest absolute Gasteiger partial charge is 0.367 e. The molecule has 5 heteroatoms. The number of hydrogen-bond donors (Lipinski definition) is 2. The molecule has 0 saturated heterocycles. The first-order valence-electron chi connectivity index (χ1n) is 5.63. The Balaban J connectivity index is 2.80. The van der Waals surface area contributed by atoms with Crippen molar-refractivity contribution in [3.05, 3.63) is 22.3 Å². The lowest BCUT2D eigenvalue weighted by molar-refractivity contribution is 0.418. The highest BCUT2D eigenvalue weighted by Gasteiger charge is 2.20. The average molecular weight is 297 g/mol. The van der Waals surface area contributed by atoms with Crippen LogP contribution in [-0.4, -0.2) is 17.1 Å². The summed E-state index contributed by atoms with van der Waals surface area (Å²) in [6.07, 6.45) is 3.43. The van der Waals surface area contributed by atoms with Crippen LogP contribution in [0.5, 0.6) is 0 Å². The predicted octanol–water partition coefficient (Wildman–Crippen LogP) is 2.65. The zero-order chi connectivity index (χ0) is 12.9. The predicted molar refractivity (Wildman–Crippen MR) is 72.6 cm³/mol. The minimum Gasteiger partial charge on any atom is -0.367 e. The monoisotopic (exact) mass is 296 g/mol. The molecule has 0 bridgehead atoms. The summed E-state index contributed by atoms with van der Waals surface area (Å²) in [6, 6.07) is 3.85. The minimum atomic E-state index is -0.249. The third-order valence-corrected chi connectivity index (χ3v) is 3.42. The summed E-state index contributed by atoms with van der Waals surface area (Å²) in [4.78, 5) is 4.18. The summed E-state index contributed by atoms with van der Waals surface area (Å²) >= 11 is 3.29. The van der Waals surface area contributed by atoms with Crippen LogP contribution in [0.25, 0.3) is 0 Å². The molecular weight excluding hydrogens is 280 g/mol. The van der Waals surface area contributed by atoms with E-state index in [9.17, 15) is 0 Å². The smallest absolute Gasteiger partial charge is 0.144 e. The summed E-state index contributed by atoms with van der Waals surface area (Å²) < 4.78 is 0.796. The number of nitrogens with two attached hydrogens (primary N) is 1. The average Bonchev–Trinajstić information content (AvgIpc) is 2.36. The number of nitrogens with one attached hydrogen (secondary N) is 1. The van der Waals surface area contributed by atoms with Gasteiger partial charge in [-0.2, -0.15) is 5.26 Å². The second kappa shape index (κ2) is 5.99.